The van der Waals surface area contributed by atoms with Crippen LogP contribution in [0.5, 0.6) is 0 Å². The molecule has 0 unspecified atom stereocenters. The highest BCUT2D eigenvalue weighted by molar-refractivity contribution is 7.21. The molecule has 2 aromatic heterocycles. The number of nitrogens with two attached hydrogens (primary N) is 1. The third kappa shape index (κ3) is 2.76. The van der Waals surface area contributed by atoms with Gasteiger partial charge in [-0.3, -0.25) is 4.79 Å². The van der Waals surface area contributed by atoms with Crippen LogP contribution in [0.15, 0.2) is 12.2 Å². The van der Waals surface area contributed by atoms with E-state index in [1.54, 1.807) is 4.90 Å². The zero-order valence-corrected chi connectivity index (χ0v) is 13.7. The van der Waals surface area contributed by atoms with Gasteiger partial charge in [0.25, 0.3) is 5.91 Å². The van der Waals surface area contributed by atoms with Crippen LogP contribution in [-0.4, -0.2) is 34.1 Å². The molecule has 6 heteroatoms. The number of likely N-dealkylation sites (N-methyl/N-ethyl adjacent to an activating group) is 1. The van der Waals surface area contributed by atoms with Crippen molar-refractivity contribution in [3.63, 3.8) is 0 Å². The van der Waals surface area contributed by atoms with Crippen molar-refractivity contribution in [2.45, 2.75) is 27.7 Å². The molecule has 0 saturated heterocycles. The van der Waals surface area contributed by atoms with E-state index in [0.717, 1.165) is 22.2 Å². The van der Waals surface area contributed by atoms with Crippen LogP contribution >= 0.6 is 11.3 Å². The van der Waals surface area contributed by atoms with Crippen LogP contribution < -0.4 is 5.73 Å². The van der Waals surface area contributed by atoms with E-state index in [4.69, 9.17) is 5.73 Å². The average molecular weight is 304 g/mol. The summed E-state index contributed by atoms with van der Waals surface area (Å²) in [6, 6.07) is 0. The summed E-state index contributed by atoms with van der Waals surface area (Å²) in [5.74, 6) is -0.0712. The van der Waals surface area contributed by atoms with Crippen molar-refractivity contribution in [1.29, 1.82) is 0 Å². The number of amides is 1. The first kappa shape index (κ1) is 15.4. The van der Waals surface area contributed by atoms with E-state index < -0.39 is 0 Å². The van der Waals surface area contributed by atoms with Crippen molar-refractivity contribution in [2.75, 3.05) is 18.8 Å². The second-order valence-corrected chi connectivity index (χ2v) is 6.21. The molecule has 2 heterocycles. The van der Waals surface area contributed by atoms with Crippen LogP contribution in [0.4, 0.5) is 5.69 Å². The van der Waals surface area contributed by atoms with Gasteiger partial charge in [-0.2, -0.15) is 5.10 Å². The molecule has 0 bridgehead atoms. The standard InChI is InChI=1S/C15H20N4OS/c1-6-19(7-8(2)3)15(20)13-12(16)11-9(4)10(5)17-18-14(11)21-13/h2,6-7,16H2,1,3-5H3. The van der Waals surface area contributed by atoms with Gasteiger partial charge in [0, 0.05) is 18.5 Å². The SMILES string of the molecule is C=C(C)CN(CC)C(=O)c1sc2nnc(C)c(C)c2c1N. The van der Waals surface area contributed by atoms with Crippen LogP contribution in [0.2, 0.25) is 0 Å². The Bertz CT molecular complexity index is 720. The molecule has 0 fully saturated rings. The molecule has 0 spiro atoms. The fourth-order valence-corrected chi connectivity index (χ4v) is 3.26. The van der Waals surface area contributed by atoms with Gasteiger partial charge in [0.2, 0.25) is 0 Å². The lowest BCUT2D eigenvalue weighted by molar-refractivity contribution is 0.0784. The third-order valence-corrected chi connectivity index (χ3v) is 4.54. The third-order valence-electron chi connectivity index (χ3n) is 3.46. The zero-order valence-electron chi connectivity index (χ0n) is 12.9. The Balaban J connectivity index is 2.52. The number of aryl methyl sites for hydroxylation is 2. The Labute approximate surface area is 128 Å². The summed E-state index contributed by atoms with van der Waals surface area (Å²) in [5.41, 5.74) is 9.47. The number of fused-ring (bicyclic) bond motifs is 1. The number of rotatable bonds is 4. The summed E-state index contributed by atoms with van der Waals surface area (Å²) in [5, 5.41) is 9.10. The number of carbonyl (C=O) groups is 1. The Hall–Kier alpha value is -1.95. The molecule has 0 aliphatic carbocycles. The molecule has 112 valence electrons. The molecule has 0 saturated carbocycles. The van der Waals surface area contributed by atoms with Crippen molar-refractivity contribution in [1.82, 2.24) is 15.1 Å². The first-order valence-electron chi connectivity index (χ1n) is 6.82. The quantitative estimate of drug-likeness (QED) is 0.882. The van der Waals surface area contributed by atoms with E-state index in [2.05, 4.69) is 16.8 Å². The molecule has 0 atom stereocenters. The molecule has 2 aromatic rings. The number of nitrogens with zero attached hydrogens (tertiary/aromatic N) is 3. The monoisotopic (exact) mass is 304 g/mol. The Morgan fingerprint density at radius 2 is 2.05 bits per heavy atom. The minimum atomic E-state index is -0.0712. The molecular weight excluding hydrogens is 284 g/mol. The first-order valence-corrected chi connectivity index (χ1v) is 7.64. The van der Waals surface area contributed by atoms with Crippen LogP contribution in [0, 0.1) is 13.8 Å². The molecule has 0 aliphatic rings. The van der Waals surface area contributed by atoms with E-state index in [0.29, 0.717) is 28.5 Å². The van der Waals surface area contributed by atoms with E-state index in [1.807, 2.05) is 27.7 Å². The molecule has 5 nitrogen and oxygen atoms in total. The average Bonchev–Trinajstić information content (AvgIpc) is 2.77. The van der Waals surface area contributed by atoms with Gasteiger partial charge < -0.3 is 10.6 Å². The van der Waals surface area contributed by atoms with Crippen LogP contribution in [0.25, 0.3) is 10.2 Å². The highest BCUT2D eigenvalue weighted by Gasteiger charge is 2.23. The topological polar surface area (TPSA) is 72.1 Å². The number of nitrogen functional groups attached to an aromatic ring is 1. The van der Waals surface area contributed by atoms with Gasteiger partial charge >= 0.3 is 0 Å². The Kier molecular flexibility index (Phi) is 4.27. The normalized spacial score (nSPS) is 10.9. The minimum Gasteiger partial charge on any atom is -0.397 e. The van der Waals surface area contributed by atoms with Crippen LogP contribution in [0.3, 0.4) is 0 Å². The molecule has 21 heavy (non-hydrogen) atoms. The highest BCUT2D eigenvalue weighted by Crippen LogP contribution is 2.35. The fraction of sp³-hybridized carbons (Fsp3) is 0.400. The van der Waals surface area contributed by atoms with E-state index in [-0.39, 0.29) is 5.91 Å². The smallest absolute Gasteiger partial charge is 0.266 e. The van der Waals surface area contributed by atoms with Crippen molar-refractivity contribution < 1.29 is 4.79 Å². The molecular formula is C15H20N4OS. The Morgan fingerprint density at radius 1 is 1.38 bits per heavy atom. The first-order chi connectivity index (χ1) is 9.86. The second kappa shape index (κ2) is 5.81. The molecule has 0 aliphatic heterocycles. The summed E-state index contributed by atoms with van der Waals surface area (Å²) in [7, 11) is 0. The molecule has 0 aromatic carbocycles. The van der Waals surface area contributed by atoms with Crippen LogP contribution in [-0.2, 0) is 0 Å². The minimum absolute atomic E-state index is 0.0712. The molecule has 0 radical (unpaired) electrons. The lowest BCUT2D eigenvalue weighted by atomic mass is 10.1. The lowest BCUT2D eigenvalue weighted by Crippen LogP contribution is -2.32. The van der Waals surface area contributed by atoms with Gasteiger partial charge in [-0.1, -0.05) is 12.2 Å². The molecule has 2 N–H and O–H groups in total. The van der Waals surface area contributed by atoms with Crippen molar-refractivity contribution in [2.24, 2.45) is 0 Å². The predicted molar refractivity (Wildman–Crippen MR) is 87.7 cm³/mol. The highest BCUT2D eigenvalue weighted by atomic mass is 32.1. The van der Waals surface area contributed by atoms with Gasteiger partial charge in [0.05, 0.1) is 11.4 Å². The van der Waals surface area contributed by atoms with Gasteiger partial charge in [-0.05, 0) is 33.3 Å². The van der Waals surface area contributed by atoms with Crippen LogP contribution in [0.1, 0.15) is 34.8 Å². The van der Waals surface area contributed by atoms with Crippen molar-refractivity contribution in [3.8, 4) is 0 Å². The number of hydrogen-bond donors (Lipinski definition) is 1. The van der Waals surface area contributed by atoms with Gasteiger partial charge in [0.15, 0.2) is 0 Å². The summed E-state index contributed by atoms with van der Waals surface area (Å²) < 4.78 is 0. The second-order valence-electron chi connectivity index (χ2n) is 5.21. The lowest BCUT2D eigenvalue weighted by Gasteiger charge is -2.20. The van der Waals surface area contributed by atoms with E-state index >= 15 is 0 Å². The fourth-order valence-electron chi connectivity index (χ4n) is 2.20. The summed E-state index contributed by atoms with van der Waals surface area (Å²) in [6.07, 6.45) is 0. The van der Waals surface area contributed by atoms with Crippen molar-refractivity contribution >= 4 is 33.1 Å². The number of hydrogen-bond acceptors (Lipinski definition) is 5. The van der Waals surface area contributed by atoms with Gasteiger partial charge in [-0.15, -0.1) is 16.4 Å². The summed E-state index contributed by atoms with van der Waals surface area (Å²) in [6.45, 7) is 12.7. The van der Waals surface area contributed by atoms with Crippen molar-refractivity contribution in [3.05, 3.63) is 28.3 Å². The predicted octanol–water partition coefficient (Wildman–Crippen LogP) is 2.93. The molecule has 2 rings (SSSR count). The number of carbonyl (C=O) groups excluding carboxylic acids is 1. The van der Waals surface area contributed by atoms with Gasteiger partial charge in [-0.25, -0.2) is 0 Å². The summed E-state index contributed by atoms with van der Waals surface area (Å²) in [4.78, 5) is 15.7. The summed E-state index contributed by atoms with van der Waals surface area (Å²) >= 11 is 1.31. The van der Waals surface area contributed by atoms with E-state index in [9.17, 15) is 4.79 Å². The zero-order chi connectivity index (χ0) is 15.7. The maximum Gasteiger partial charge on any atom is 0.266 e. The number of anilines is 1. The largest absolute Gasteiger partial charge is 0.397 e. The Morgan fingerprint density at radius 3 is 2.62 bits per heavy atom. The maximum atomic E-state index is 12.7. The number of aromatic nitrogens is 2. The molecule has 1 amide bonds. The maximum absolute atomic E-state index is 12.7. The van der Waals surface area contributed by atoms with Gasteiger partial charge in [0.1, 0.15) is 9.71 Å². The van der Waals surface area contributed by atoms with E-state index in [1.165, 1.54) is 11.3 Å². The number of thiophene rings is 1.